The Kier molecular flexibility index (Phi) is 10.2. The summed E-state index contributed by atoms with van der Waals surface area (Å²) in [6.07, 6.45) is -4.76. The van der Waals surface area contributed by atoms with Crippen LogP contribution < -0.4 is 9.62 Å². The van der Waals surface area contributed by atoms with E-state index in [1.54, 1.807) is 32.9 Å². The Hall–Kier alpha value is -3.28. The number of benzene rings is 3. The van der Waals surface area contributed by atoms with Crippen LogP contribution in [0.4, 0.5) is 18.9 Å². The predicted molar refractivity (Wildman–Crippen MR) is 157 cm³/mol. The second kappa shape index (κ2) is 12.9. The molecule has 2 amide bonds. The van der Waals surface area contributed by atoms with Crippen molar-refractivity contribution in [1.29, 1.82) is 0 Å². The van der Waals surface area contributed by atoms with Gasteiger partial charge in [-0.1, -0.05) is 53.5 Å². The van der Waals surface area contributed by atoms with Crippen molar-refractivity contribution in [1.82, 2.24) is 10.2 Å². The number of nitrogens with one attached hydrogen (secondary N) is 1. The highest BCUT2D eigenvalue weighted by molar-refractivity contribution is 7.92. The lowest BCUT2D eigenvalue weighted by atomic mass is 10.1. The second-order valence-electron chi connectivity index (χ2n) is 10.6. The minimum Gasteiger partial charge on any atom is -0.350 e. The summed E-state index contributed by atoms with van der Waals surface area (Å²) in [4.78, 5) is 28.0. The van der Waals surface area contributed by atoms with Crippen molar-refractivity contribution in [3.8, 4) is 0 Å². The molecule has 3 rings (SSSR count). The fraction of sp³-hybridized carbons (Fsp3) is 0.310. The highest BCUT2D eigenvalue weighted by Crippen LogP contribution is 2.33. The van der Waals surface area contributed by atoms with Gasteiger partial charge in [-0.2, -0.15) is 13.2 Å². The van der Waals surface area contributed by atoms with Gasteiger partial charge in [-0.15, -0.1) is 0 Å². The average Bonchev–Trinajstić information content (AvgIpc) is 2.90. The minimum atomic E-state index is -4.76. The SMILES string of the molecule is CC(C(=O)NC(C)(C)C)N(Cc1ccc(Cl)c(Cl)c1)C(=O)CN(c1cccc(C(F)(F)F)c1)S(=O)(=O)c1ccccc1. The van der Waals surface area contributed by atoms with E-state index in [9.17, 15) is 31.2 Å². The van der Waals surface area contributed by atoms with E-state index in [0.717, 1.165) is 17.0 Å². The number of hydrogen-bond donors (Lipinski definition) is 1. The number of carbonyl (C=O) groups excluding carboxylic acids is 2. The summed E-state index contributed by atoms with van der Waals surface area (Å²) in [6, 6.07) is 14.2. The number of nitrogens with zero attached hydrogens (tertiary/aromatic N) is 2. The lowest BCUT2D eigenvalue weighted by molar-refractivity contribution is -0.140. The Balaban J connectivity index is 2.10. The number of alkyl halides is 3. The minimum absolute atomic E-state index is 0.170. The number of anilines is 1. The van der Waals surface area contributed by atoms with Crippen LogP contribution in [0.3, 0.4) is 0 Å². The van der Waals surface area contributed by atoms with E-state index < -0.39 is 51.7 Å². The Bertz CT molecular complexity index is 1550. The molecule has 0 spiro atoms. The molecule has 0 aliphatic heterocycles. The van der Waals surface area contributed by atoms with Gasteiger partial charge in [0.05, 0.1) is 26.2 Å². The molecule has 0 aliphatic rings. The summed E-state index contributed by atoms with van der Waals surface area (Å²) < 4.78 is 68.8. The monoisotopic (exact) mass is 643 g/mol. The maximum Gasteiger partial charge on any atom is 0.416 e. The summed E-state index contributed by atoms with van der Waals surface area (Å²) in [5.41, 5.74) is -1.62. The zero-order valence-corrected chi connectivity index (χ0v) is 25.6. The first-order valence-corrected chi connectivity index (χ1v) is 14.9. The van der Waals surface area contributed by atoms with Crippen molar-refractivity contribution in [2.45, 2.75) is 56.9 Å². The Labute approximate surface area is 253 Å². The zero-order valence-electron chi connectivity index (χ0n) is 23.2. The molecule has 0 heterocycles. The van der Waals surface area contributed by atoms with Gasteiger partial charge < -0.3 is 10.2 Å². The van der Waals surface area contributed by atoms with Crippen molar-refractivity contribution >= 4 is 50.7 Å². The number of sulfonamides is 1. The van der Waals surface area contributed by atoms with Crippen LogP contribution in [0, 0.1) is 0 Å². The van der Waals surface area contributed by atoms with Crippen LogP contribution in [-0.4, -0.2) is 43.3 Å². The van der Waals surface area contributed by atoms with Crippen LogP contribution in [0.15, 0.2) is 77.7 Å². The maximum atomic E-state index is 13.9. The quantitative estimate of drug-likeness (QED) is 0.287. The lowest BCUT2D eigenvalue weighted by Gasteiger charge is -2.33. The van der Waals surface area contributed by atoms with Gasteiger partial charge in [-0.3, -0.25) is 13.9 Å². The summed E-state index contributed by atoms with van der Waals surface area (Å²) in [5, 5.41) is 3.25. The first-order valence-electron chi connectivity index (χ1n) is 12.7. The molecular weight excluding hydrogens is 614 g/mol. The molecule has 1 N–H and O–H groups in total. The van der Waals surface area contributed by atoms with Gasteiger partial charge in [-0.05, 0) is 75.7 Å². The van der Waals surface area contributed by atoms with Crippen LogP contribution in [0.1, 0.15) is 38.8 Å². The molecule has 1 unspecified atom stereocenters. The maximum absolute atomic E-state index is 13.9. The van der Waals surface area contributed by atoms with Gasteiger partial charge in [0, 0.05) is 12.1 Å². The van der Waals surface area contributed by atoms with Gasteiger partial charge >= 0.3 is 6.18 Å². The van der Waals surface area contributed by atoms with Gasteiger partial charge in [0.1, 0.15) is 12.6 Å². The summed E-state index contributed by atoms with van der Waals surface area (Å²) >= 11 is 12.2. The van der Waals surface area contributed by atoms with Crippen molar-refractivity contribution in [3.63, 3.8) is 0 Å². The van der Waals surface area contributed by atoms with Crippen LogP contribution >= 0.6 is 23.2 Å². The first kappa shape index (κ1) is 33.2. The molecule has 0 saturated carbocycles. The van der Waals surface area contributed by atoms with Gasteiger partial charge in [0.25, 0.3) is 10.0 Å². The fourth-order valence-corrected chi connectivity index (χ4v) is 5.72. The summed E-state index contributed by atoms with van der Waals surface area (Å²) in [7, 11) is -4.53. The second-order valence-corrected chi connectivity index (χ2v) is 13.2. The third kappa shape index (κ3) is 8.39. The molecule has 1 atom stereocenters. The molecule has 3 aromatic rings. The smallest absolute Gasteiger partial charge is 0.350 e. The summed E-state index contributed by atoms with van der Waals surface area (Å²) in [6.45, 7) is 5.67. The topological polar surface area (TPSA) is 86.8 Å². The molecule has 0 radical (unpaired) electrons. The van der Waals surface area contributed by atoms with E-state index in [4.69, 9.17) is 23.2 Å². The fourth-order valence-electron chi connectivity index (χ4n) is 3.98. The van der Waals surface area contributed by atoms with Gasteiger partial charge in [0.15, 0.2) is 0 Å². The highest BCUT2D eigenvalue weighted by atomic mass is 35.5. The molecule has 0 aliphatic carbocycles. The molecule has 226 valence electrons. The van der Waals surface area contributed by atoms with Crippen molar-refractivity contribution < 1.29 is 31.2 Å². The Morgan fingerprint density at radius 2 is 1.55 bits per heavy atom. The number of hydrogen-bond acceptors (Lipinski definition) is 4. The van der Waals surface area contributed by atoms with Crippen LogP contribution in [0.5, 0.6) is 0 Å². The number of halogens is 5. The molecule has 3 aromatic carbocycles. The Morgan fingerprint density at radius 1 is 0.905 bits per heavy atom. The van der Waals surface area contributed by atoms with E-state index >= 15 is 0 Å². The molecule has 7 nitrogen and oxygen atoms in total. The van der Waals surface area contributed by atoms with E-state index in [1.807, 2.05) is 0 Å². The van der Waals surface area contributed by atoms with E-state index in [1.165, 1.54) is 49.4 Å². The molecule has 42 heavy (non-hydrogen) atoms. The Morgan fingerprint density at radius 3 is 2.12 bits per heavy atom. The highest BCUT2D eigenvalue weighted by Gasteiger charge is 2.35. The molecule has 0 aromatic heterocycles. The van der Waals surface area contributed by atoms with Gasteiger partial charge in [-0.25, -0.2) is 8.42 Å². The van der Waals surface area contributed by atoms with Crippen LogP contribution in [0.25, 0.3) is 0 Å². The lowest BCUT2D eigenvalue weighted by Crippen LogP contribution is -2.54. The van der Waals surface area contributed by atoms with E-state index in [0.29, 0.717) is 15.9 Å². The zero-order chi connectivity index (χ0) is 31.5. The average molecular weight is 645 g/mol. The van der Waals surface area contributed by atoms with Crippen LogP contribution in [0.2, 0.25) is 10.0 Å². The predicted octanol–water partition coefficient (Wildman–Crippen LogP) is 6.54. The molecular formula is C29H30Cl2F3N3O4S. The van der Waals surface area contributed by atoms with Crippen LogP contribution in [-0.2, 0) is 32.3 Å². The molecule has 0 fully saturated rings. The molecule has 0 saturated heterocycles. The standard InChI is InChI=1S/C29H30Cl2F3N3O4S/c1-19(27(39)35-28(2,3)4)36(17-20-13-14-24(30)25(31)15-20)26(38)18-37(42(40,41)23-11-6-5-7-12-23)22-10-8-9-21(16-22)29(32,33)34/h5-16,19H,17-18H2,1-4H3,(H,35,39). The van der Waals surface area contributed by atoms with Gasteiger partial charge in [0.2, 0.25) is 11.8 Å². The number of rotatable bonds is 9. The molecule has 13 heteroatoms. The third-order valence-electron chi connectivity index (χ3n) is 6.07. The number of carbonyl (C=O) groups is 2. The van der Waals surface area contributed by atoms with Crippen molar-refractivity contribution in [2.24, 2.45) is 0 Å². The van der Waals surface area contributed by atoms with Crippen molar-refractivity contribution in [3.05, 3.63) is 94.0 Å². The molecule has 0 bridgehead atoms. The third-order valence-corrected chi connectivity index (χ3v) is 8.60. The van der Waals surface area contributed by atoms with E-state index in [-0.39, 0.29) is 27.2 Å². The normalized spacial score (nSPS) is 12.9. The summed E-state index contributed by atoms with van der Waals surface area (Å²) in [5.74, 6) is -1.36. The number of amides is 2. The van der Waals surface area contributed by atoms with E-state index in [2.05, 4.69) is 5.32 Å². The largest absolute Gasteiger partial charge is 0.416 e. The van der Waals surface area contributed by atoms with Crippen molar-refractivity contribution in [2.75, 3.05) is 10.8 Å². The first-order chi connectivity index (χ1) is 19.4.